The van der Waals surface area contributed by atoms with Gasteiger partial charge in [0, 0.05) is 32.0 Å². The highest BCUT2D eigenvalue weighted by molar-refractivity contribution is 5.30. The molecule has 1 aromatic heterocycles. The van der Waals surface area contributed by atoms with Gasteiger partial charge in [-0.1, -0.05) is 20.8 Å². The molecule has 4 heteroatoms. The van der Waals surface area contributed by atoms with Crippen LogP contribution in [0.25, 0.3) is 0 Å². The Labute approximate surface area is 116 Å². The average molecular weight is 262 g/mol. The number of rotatable bonds is 4. The number of nitrogens with one attached hydrogen (secondary N) is 1. The summed E-state index contributed by atoms with van der Waals surface area (Å²) in [6.07, 6.45) is 7.68. The van der Waals surface area contributed by atoms with Gasteiger partial charge in [0.25, 0.3) is 0 Å². The van der Waals surface area contributed by atoms with Crippen molar-refractivity contribution in [2.45, 2.75) is 51.5 Å². The zero-order valence-corrected chi connectivity index (χ0v) is 12.6. The fourth-order valence-electron chi connectivity index (χ4n) is 2.36. The maximum absolute atomic E-state index is 4.48. The largest absolute Gasteiger partial charge is 0.344 e. The third-order valence-corrected chi connectivity index (χ3v) is 3.82. The van der Waals surface area contributed by atoms with Crippen LogP contribution < -0.4 is 10.2 Å². The number of anilines is 1. The molecule has 1 unspecified atom stereocenters. The van der Waals surface area contributed by atoms with Crippen molar-refractivity contribution in [1.82, 2.24) is 15.3 Å². The summed E-state index contributed by atoms with van der Waals surface area (Å²) in [6, 6.07) is 0.677. The van der Waals surface area contributed by atoms with Crippen molar-refractivity contribution in [3.63, 3.8) is 0 Å². The third-order valence-electron chi connectivity index (χ3n) is 3.82. The van der Waals surface area contributed by atoms with Crippen molar-refractivity contribution in [3.05, 3.63) is 18.0 Å². The minimum Gasteiger partial charge on any atom is -0.344 e. The maximum Gasteiger partial charge on any atom is 0.224 e. The SMILES string of the molecule is CN(CCC1CCCN1)c1ncc(C(C)(C)C)cn1. The Hall–Kier alpha value is -1.16. The van der Waals surface area contributed by atoms with E-state index in [1.165, 1.54) is 31.4 Å². The first-order chi connectivity index (χ1) is 8.97. The van der Waals surface area contributed by atoms with Crippen molar-refractivity contribution in [2.24, 2.45) is 0 Å². The molecule has 0 spiro atoms. The van der Waals surface area contributed by atoms with Crippen LogP contribution in [0.1, 0.15) is 45.6 Å². The number of hydrogen-bond donors (Lipinski definition) is 1. The van der Waals surface area contributed by atoms with E-state index in [0.717, 1.165) is 12.5 Å². The van der Waals surface area contributed by atoms with Crippen LogP contribution in [0.15, 0.2) is 12.4 Å². The Morgan fingerprint density at radius 2 is 2.00 bits per heavy atom. The minimum absolute atomic E-state index is 0.116. The highest BCUT2D eigenvalue weighted by atomic mass is 15.2. The molecule has 2 heterocycles. The van der Waals surface area contributed by atoms with Crippen molar-refractivity contribution >= 4 is 5.95 Å². The van der Waals surface area contributed by atoms with Gasteiger partial charge in [-0.05, 0) is 36.8 Å². The smallest absolute Gasteiger partial charge is 0.224 e. The highest BCUT2D eigenvalue weighted by Crippen LogP contribution is 2.21. The molecule has 19 heavy (non-hydrogen) atoms. The van der Waals surface area contributed by atoms with Gasteiger partial charge in [0.1, 0.15) is 0 Å². The molecule has 0 bridgehead atoms. The minimum atomic E-state index is 0.116. The fourth-order valence-corrected chi connectivity index (χ4v) is 2.36. The lowest BCUT2D eigenvalue weighted by Crippen LogP contribution is -2.29. The van der Waals surface area contributed by atoms with E-state index in [0.29, 0.717) is 6.04 Å². The zero-order chi connectivity index (χ0) is 13.9. The van der Waals surface area contributed by atoms with Gasteiger partial charge in [-0.25, -0.2) is 9.97 Å². The zero-order valence-electron chi connectivity index (χ0n) is 12.6. The van der Waals surface area contributed by atoms with E-state index in [2.05, 4.69) is 48.0 Å². The highest BCUT2D eigenvalue weighted by Gasteiger charge is 2.17. The molecule has 1 aliphatic rings. The van der Waals surface area contributed by atoms with Gasteiger partial charge in [-0.3, -0.25) is 0 Å². The number of nitrogens with zero attached hydrogens (tertiary/aromatic N) is 3. The first kappa shape index (κ1) is 14.3. The summed E-state index contributed by atoms with van der Waals surface area (Å²) in [4.78, 5) is 11.1. The van der Waals surface area contributed by atoms with E-state index >= 15 is 0 Å². The summed E-state index contributed by atoms with van der Waals surface area (Å²) < 4.78 is 0. The lowest BCUT2D eigenvalue weighted by atomic mass is 9.89. The monoisotopic (exact) mass is 262 g/mol. The maximum atomic E-state index is 4.48. The third kappa shape index (κ3) is 3.90. The van der Waals surface area contributed by atoms with Crippen molar-refractivity contribution in [1.29, 1.82) is 0 Å². The molecule has 106 valence electrons. The van der Waals surface area contributed by atoms with Gasteiger partial charge in [-0.2, -0.15) is 0 Å². The van der Waals surface area contributed by atoms with Crippen molar-refractivity contribution in [2.75, 3.05) is 25.0 Å². The Kier molecular flexibility index (Phi) is 4.40. The molecule has 1 aromatic rings. The van der Waals surface area contributed by atoms with E-state index in [4.69, 9.17) is 0 Å². The van der Waals surface area contributed by atoms with Crippen LogP contribution in [0.3, 0.4) is 0 Å². The summed E-state index contributed by atoms with van der Waals surface area (Å²) in [6.45, 7) is 8.72. The van der Waals surface area contributed by atoms with Crippen LogP contribution in [-0.4, -0.2) is 36.1 Å². The Balaban J connectivity index is 1.89. The second-order valence-electron chi connectivity index (χ2n) is 6.53. The summed E-state index contributed by atoms with van der Waals surface area (Å²) in [5.41, 5.74) is 1.30. The van der Waals surface area contributed by atoms with Gasteiger partial charge < -0.3 is 10.2 Å². The molecule has 0 radical (unpaired) electrons. The Bertz CT molecular complexity index is 388. The van der Waals surface area contributed by atoms with Crippen LogP contribution in [0.2, 0.25) is 0 Å². The standard InChI is InChI=1S/C15H26N4/c1-15(2,3)12-10-17-14(18-11-12)19(4)9-7-13-6-5-8-16-13/h10-11,13,16H,5-9H2,1-4H3. The van der Waals surface area contributed by atoms with Crippen LogP contribution in [0.5, 0.6) is 0 Å². The lowest BCUT2D eigenvalue weighted by molar-refractivity contribution is 0.555. The second-order valence-corrected chi connectivity index (χ2v) is 6.53. The number of aromatic nitrogens is 2. The molecule has 1 fully saturated rings. The first-order valence-electron chi connectivity index (χ1n) is 7.24. The summed E-state index contributed by atoms with van der Waals surface area (Å²) in [7, 11) is 2.07. The predicted molar refractivity (Wildman–Crippen MR) is 79.6 cm³/mol. The normalized spacial score (nSPS) is 19.7. The molecule has 0 aliphatic carbocycles. The molecule has 1 N–H and O–H groups in total. The summed E-state index contributed by atoms with van der Waals surface area (Å²) in [5, 5.41) is 3.52. The molecule has 1 atom stereocenters. The van der Waals surface area contributed by atoms with E-state index in [1.807, 2.05) is 12.4 Å². The molecule has 1 aliphatic heterocycles. The van der Waals surface area contributed by atoms with E-state index in [-0.39, 0.29) is 5.41 Å². The summed E-state index contributed by atoms with van der Waals surface area (Å²) >= 11 is 0. The topological polar surface area (TPSA) is 41.0 Å². The molecular weight excluding hydrogens is 236 g/mol. The van der Waals surface area contributed by atoms with Crippen LogP contribution in [0.4, 0.5) is 5.95 Å². The van der Waals surface area contributed by atoms with Gasteiger partial charge in [0.2, 0.25) is 5.95 Å². The lowest BCUT2D eigenvalue weighted by Gasteiger charge is -2.21. The van der Waals surface area contributed by atoms with Gasteiger partial charge >= 0.3 is 0 Å². The van der Waals surface area contributed by atoms with Crippen LogP contribution >= 0.6 is 0 Å². The Morgan fingerprint density at radius 1 is 1.32 bits per heavy atom. The quantitative estimate of drug-likeness (QED) is 0.904. The molecular formula is C15H26N4. The van der Waals surface area contributed by atoms with Crippen molar-refractivity contribution < 1.29 is 0 Å². The second kappa shape index (κ2) is 5.87. The van der Waals surface area contributed by atoms with Crippen LogP contribution in [-0.2, 0) is 5.41 Å². The average Bonchev–Trinajstić information content (AvgIpc) is 2.88. The molecule has 1 saturated heterocycles. The Morgan fingerprint density at radius 3 is 2.53 bits per heavy atom. The number of hydrogen-bond acceptors (Lipinski definition) is 4. The van der Waals surface area contributed by atoms with E-state index < -0.39 is 0 Å². The van der Waals surface area contributed by atoms with Gasteiger partial charge in [0.05, 0.1) is 0 Å². The molecule has 0 aromatic carbocycles. The van der Waals surface area contributed by atoms with E-state index in [9.17, 15) is 0 Å². The van der Waals surface area contributed by atoms with Crippen LogP contribution in [0, 0.1) is 0 Å². The van der Waals surface area contributed by atoms with E-state index in [1.54, 1.807) is 0 Å². The predicted octanol–water partition coefficient (Wildman–Crippen LogP) is 2.35. The van der Waals surface area contributed by atoms with Crippen molar-refractivity contribution in [3.8, 4) is 0 Å². The van der Waals surface area contributed by atoms with Gasteiger partial charge in [0.15, 0.2) is 0 Å². The molecule has 4 nitrogen and oxygen atoms in total. The molecule has 0 amide bonds. The first-order valence-corrected chi connectivity index (χ1v) is 7.24. The fraction of sp³-hybridized carbons (Fsp3) is 0.733. The summed E-state index contributed by atoms with van der Waals surface area (Å²) in [5.74, 6) is 0.825. The molecule has 0 saturated carbocycles. The molecule has 2 rings (SSSR count). The van der Waals surface area contributed by atoms with Gasteiger partial charge in [-0.15, -0.1) is 0 Å².